The quantitative estimate of drug-likeness (QED) is 0.819. The lowest BCUT2D eigenvalue weighted by atomic mass is 10.2. The minimum atomic E-state index is -0.277. The SMILES string of the molecule is O=C(CC(=O)NC1CCCC1)NCc1ccccc1Cl. The summed E-state index contributed by atoms with van der Waals surface area (Å²) in [7, 11) is 0. The molecule has 0 saturated heterocycles. The van der Waals surface area contributed by atoms with Crippen molar-refractivity contribution in [3.63, 3.8) is 0 Å². The molecular formula is C15H19ClN2O2. The highest BCUT2D eigenvalue weighted by molar-refractivity contribution is 6.31. The van der Waals surface area contributed by atoms with Gasteiger partial charge < -0.3 is 10.6 Å². The van der Waals surface area contributed by atoms with E-state index in [0.29, 0.717) is 11.6 Å². The zero-order valence-corrected chi connectivity index (χ0v) is 12.1. The maximum Gasteiger partial charge on any atom is 0.229 e. The van der Waals surface area contributed by atoms with Crippen molar-refractivity contribution in [3.8, 4) is 0 Å². The van der Waals surface area contributed by atoms with E-state index in [-0.39, 0.29) is 24.3 Å². The summed E-state index contributed by atoms with van der Waals surface area (Å²) in [6, 6.07) is 7.57. The van der Waals surface area contributed by atoms with Gasteiger partial charge in [-0.3, -0.25) is 9.59 Å². The first-order chi connectivity index (χ1) is 9.65. The van der Waals surface area contributed by atoms with Crippen LogP contribution in [0.15, 0.2) is 24.3 Å². The Hall–Kier alpha value is -1.55. The summed E-state index contributed by atoms with van der Waals surface area (Å²) in [6.07, 6.45) is 4.23. The number of hydrogen-bond donors (Lipinski definition) is 2. The van der Waals surface area contributed by atoms with Gasteiger partial charge in [-0.05, 0) is 24.5 Å². The number of amides is 2. The lowest BCUT2D eigenvalue weighted by Crippen LogP contribution is -2.36. The zero-order chi connectivity index (χ0) is 14.4. The van der Waals surface area contributed by atoms with Crippen LogP contribution in [0.25, 0.3) is 0 Å². The van der Waals surface area contributed by atoms with E-state index >= 15 is 0 Å². The van der Waals surface area contributed by atoms with Crippen molar-refractivity contribution >= 4 is 23.4 Å². The zero-order valence-electron chi connectivity index (χ0n) is 11.3. The third-order valence-electron chi connectivity index (χ3n) is 3.48. The maximum absolute atomic E-state index is 11.7. The molecule has 4 nitrogen and oxygen atoms in total. The Morgan fingerprint density at radius 1 is 1.15 bits per heavy atom. The van der Waals surface area contributed by atoms with E-state index in [1.54, 1.807) is 6.07 Å². The topological polar surface area (TPSA) is 58.2 Å². The molecule has 0 unspecified atom stereocenters. The Morgan fingerprint density at radius 3 is 2.55 bits per heavy atom. The molecule has 1 aliphatic rings. The Balaban J connectivity index is 1.72. The molecule has 0 spiro atoms. The van der Waals surface area contributed by atoms with E-state index in [1.807, 2.05) is 18.2 Å². The second-order valence-electron chi connectivity index (χ2n) is 5.09. The molecule has 2 rings (SSSR count). The van der Waals surface area contributed by atoms with Gasteiger partial charge in [0, 0.05) is 17.6 Å². The largest absolute Gasteiger partial charge is 0.353 e. The molecule has 0 aliphatic heterocycles. The number of benzene rings is 1. The Kier molecular flexibility index (Phi) is 5.41. The first kappa shape index (κ1) is 14.9. The second kappa shape index (κ2) is 7.29. The van der Waals surface area contributed by atoms with Crippen LogP contribution in [0.4, 0.5) is 0 Å². The molecule has 20 heavy (non-hydrogen) atoms. The highest BCUT2D eigenvalue weighted by atomic mass is 35.5. The number of halogens is 1. The molecule has 1 aromatic carbocycles. The first-order valence-corrected chi connectivity index (χ1v) is 7.32. The molecule has 0 bridgehead atoms. The smallest absolute Gasteiger partial charge is 0.229 e. The molecule has 0 atom stereocenters. The molecule has 1 fully saturated rings. The molecule has 5 heteroatoms. The predicted octanol–water partition coefficient (Wildman–Crippen LogP) is 2.41. The van der Waals surface area contributed by atoms with Crippen LogP contribution in [0.2, 0.25) is 5.02 Å². The van der Waals surface area contributed by atoms with Crippen LogP contribution in [0.5, 0.6) is 0 Å². The van der Waals surface area contributed by atoms with Crippen molar-refractivity contribution in [3.05, 3.63) is 34.9 Å². The van der Waals surface area contributed by atoms with Crippen molar-refractivity contribution in [1.29, 1.82) is 0 Å². The van der Waals surface area contributed by atoms with Gasteiger partial charge in [-0.2, -0.15) is 0 Å². The van der Waals surface area contributed by atoms with Crippen LogP contribution >= 0.6 is 11.6 Å². The van der Waals surface area contributed by atoms with E-state index in [1.165, 1.54) is 0 Å². The van der Waals surface area contributed by atoms with Crippen LogP contribution in [-0.4, -0.2) is 17.9 Å². The predicted molar refractivity (Wildman–Crippen MR) is 78.3 cm³/mol. The van der Waals surface area contributed by atoms with E-state index in [2.05, 4.69) is 10.6 Å². The summed E-state index contributed by atoms with van der Waals surface area (Å²) >= 11 is 6.00. The van der Waals surface area contributed by atoms with Crippen LogP contribution in [0.3, 0.4) is 0 Å². The van der Waals surface area contributed by atoms with E-state index in [9.17, 15) is 9.59 Å². The third-order valence-corrected chi connectivity index (χ3v) is 3.84. The van der Waals surface area contributed by atoms with Crippen molar-refractivity contribution < 1.29 is 9.59 Å². The van der Waals surface area contributed by atoms with Crippen LogP contribution < -0.4 is 10.6 Å². The summed E-state index contributed by atoms with van der Waals surface area (Å²) in [4.78, 5) is 23.4. The van der Waals surface area contributed by atoms with Crippen molar-refractivity contribution in [2.24, 2.45) is 0 Å². The van der Waals surface area contributed by atoms with E-state index in [4.69, 9.17) is 11.6 Å². The standard InChI is InChI=1S/C15H19ClN2O2/c16-13-8-4-1-5-11(13)10-17-14(19)9-15(20)18-12-6-2-3-7-12/h1,4-5,8,12H,2-3,6-7,9-10H2,(H,17,19)(H,18,20). The Bertz CT molecular complexity index is 485. The summed E-state index contributed by atoms with van der Waals surface area (Å²) in [6.45, 7) is 0.342. The highest BCUT2D eigenvalue weighted by Gasteiger charge is 2.18. The normalized spacial score (nSPS) is 15.1. The molecule has 0 aromatic heterocycles. The number of hydrogen-bond acceptors (Lipinski definition) is 2. The summed E-state index contributed by atoms with van der Waals surface area (Å²) in [5.41, 5.74) is 0.846. The van der Waals surface area contributed by atoms with Crippen molar-refractivity contribution in [1.82, 2.24) is 10.6 Å². The van der Waals surface area contributed by atoms with Gasteiger partial charge in [0.25, 0.3) is 0 Å². The van der Waals surface area contributed by atoms with E-state index in [0.717, 1.165) is 31.2 Å². The van der Waals surface area contributed by atoms with Gasteiger partial charge in [0.05, 0.1) is 0 Å². The monoisotopic (exact) mass is 294 g/mol. The summed E-state index contributed by atoms with van der Waals surface area (Å²) in [5.74, 6) is -0.478. The van der Waals surface area contributed by atoms with Gasteiger partial charge in [0.15, 0.2) is 0 Å². The van der Waals surface area contributed by atoms with Gasteiger partial charge >= 0.3 is 0 Å². The van der Waals surface area contributed by atoms with Gasteiger partial charge in [0.2, 0.25) is 11.8 Å². The molecule has 0 radical (unpaired) electrons. The van der Waals surface area contributed by atoms with Crippen molar-refractivity contribution in [2.45, 2.75) is 44.7 Å². The third kappa shape index (κ3) is 4.53. The van der Waals surface area contributed by atoms with Gasteiger partial charge in [-0.1, -0.05) is 42.6 Å². The fourth-order valence-corrected chi connectivity index (χ4v) is 2.60. The Morgan fingerprint density at radius 2 is 1.85 bits per heavy atom. The lowest BCUT2D eigenvalue weighted by molar-refractivity contribution is -0.129. The van der Waals surface area contributed by atoms with Crippen LogP contribution in [0.1, 0.15) is 37.7 Å². The second-order valence-corrected chi connectivity index (χ2v) is 5.50. The molecule has 1 aromatic rings. The van der Waals surface area contributed by atoms with Crippen LogP contribution in [-0.2, 0) is 16.1 Å². The van der Waals surface area contributed by atoms with Crippen LogP contribution in [0, 0.1) is 0 Å². The highest BCUT2D eigenvalue weighted by Crippen LogP contribution is 2.17. The fourth-order valence-electron chi connectivity index (χ4n) is 2.39. The first-order valence-electron chi connectivity index (χ1n) is 6.94. The lowest BCUT2D eigenvalue weighted by Gasteiger charge is -2.12. The molecule has 108 valence electrons. The molecule has 2 N–H and O–H groups in total. The van der Waals surface area contributed by atoms with E-state index < -0.39 is 0 Å². The average molecular weight is 295 g/mol. The Labute approximate surface area is 123 Å². The minimum Gasteiger partial charge on any atom is -0.353 e. The molecule has 1 saturated carbocycles. The fraction of sp³-hybridized carbons (Fsp3) is 0.467. The summed E-state index contributed by atoms with van der Waals surface area (Å²) < 4.78 is 0. The van der Waals surface area contributed by atoms with Gasteiger partial charge in [0.1, 0.15) is 6.42 Å². The average Bonchev–Trinajstić information content (AvgIpc) is 2.90. The van der Waals surface area contributed by atoms with Gasteiger partial charge in [-0.25, -0.2) is 0 Å². The minimum absolute atomic E-state index is 0.124. The number of carbonyl (C=O) groups is 2. The molecular weight excluding hydrogens is 276 g/mol. The molecule has 0 heterocycles. The number of rotatable bonds is 5. The van der Waals surface area contributed by atoms with Gasteiger partial charge in [-0.15, -0.1) is 0 Å². The molecule has 1 aliphatic carbocycles. The maximum atomic E-state index is 11.7. The number of nitrogens with one attached hydrogen (secondary N) is 2. The summed E-state index contributed by atoms with van der Waals surface area (Å²) in [5, 5.41) is 6.22. The number of carbonyl (C=O) groups excluding carboxylic acids is 2. The van der Waals surface area contributed by atoms with Crippen molar-refractivity contribution in [2.75, 3.05) is 0 Å². The molecule has 2 amide bonds.